The van der Waals surface area contributed by atoms with Gasteiger partial charge in [0.2, 0.25) is 23.6 Å². The normalized spacial score (nSPS) is 15.4. The van der Waals surface area contributed by atoms with E-state index in [1.54, 1.807) is 13.8 Å². The van der Waals surface area contributed by atoms with E-state index in [0.717, 1.165) is 0 Å². The van der Waals surface area contributed by atoms with Gasteiger partial charge in [-0.25, -0.2) is 4.79 Å². The minimum Gasteiger partial charge on any atom is -0.508 e. The molecule has 0 radical (unpaired) electrons. The standard InChI is InChI=1S/C27H44N6O9/c1-14(2)21(25(39)31-20(13-34)27(41)42)32-24(38)19(12-16-7-9-17(36)10-8-16)30-26(40)22(15(3)35)33-23(37)18(29)6-4-5-11-28/h7-10,14-15,18-22,34-36H,4-6,11-13,28-29H2,1-3H3,(H,30,40)(H,31,39)(H,32,38)(H,33,37)(H,41,42)/t15-,18+,19+,20+,21+,22+/m1/s1. The van der Waals surface area contributed by atoms with Crippen molar-refractivity contribution in [2.24, 2.45) is 17.4 Å². The molecule has 1 aromatic rings. The van der Waals surface area contributed by atoms with Crippen LogP contribution in [-0.4, -0.2) is 99.5 Å². The van der Waals surface area contributed by atoms with Crippen LogP contribution in [0.2, 0.25) is 0 Å². The first-order valence-electron chi connectivity index (χ1n) is 13.7. The number of unbranched alkanes of at least 4 members (excludes halogenated alkanes) is 1. The maximum absolute atomic E-state index is 13.4. The summed E-state index contributed by atoms with van der Waals surface area (Å²) in [5.74, 6) is -5.30. The predicted octanol–water partition coefficient (Wildman–Crippen LogP) is -2.56. The fourth-order valence-electron chi connectivity index (χ4n) is 3.88. The summed E-state index contributed by atoms with van der Waals surface area (Å²) in [6.45, 7) is 4.03. The van der Waals surface area contributed by atoms with E-state index in [1.807, 2.05) is 0 Å². The minimum absolute atomic E-state index is 0.0307. The van der Waals surface area contributed by atoms with Crippen LogP contribution >= 0.6 is 0 Å². The second-order valence-corrected chi connectivity index (χ2v) is 10.4. The van der Waals surface area contributed by atoms with Gasteiger partial charge < -0.3 is 53.2 Å². The van der Waals surface area contributed by atoms with Gasteiger partial charge in [-0.05, 0) is 49.9 Å². The van der Waals surface area contributed by atoms with E-state index in [4.69, 9.17) is 16.6 Å². The molecule has 4 amide bonds. The van der Waals surface area contributed by atoms with Gasteiger partial charge in [0.25, 0.3) is 0 Å². The smallest absolute Gasteiger partial charge is 0.328 e. The molecule has 0 heterocycles. The molecule has 0 aliphatic rings. The highest BCUT2D eigenvalue weighted by molar-refractivity contribution is 5.95. The van der Waals surface area contributed by atoms with Gasteiger partial charge in [-0.2, -0.15) is 0 Å². The Morgan fingerprint density at radius 3 is 1.86 bits per heavy atom. The van der Waals surface area contributed by atoms with Gasteiger partial charge in [0.1, 0.15) is 29.9 Å². The van der Waals surface area contributed by atoms with E-state index in [0.29, 0.717) is 31.4 Å². The zero-order valence-electron chi connectivity index (χ0n) is 24.1. The van der Waals surface area contributed by atoms with Crippen molar-refractivity contribution in [1.29, 1.82) is 0 Å². The summed E-state index contributed by atoms with van der Waals surface area (Å²) in [5.41, 5.74) is 11.9. The molecule has 236 valence electrons. The van der Waals surface area contributed by atoms with Gasteiger partial charge >= 0.3 is 5.97 Å². The highest BCUT2D eigenvalue weighted by atomic mass is 16.4. The molecule has 0 unspecified atom stereocenters. The van der Waals surface area contributed by atoms with Crippen molar-refractivity contribution in [3.63, 3.8) is 0 Å². The molecule has 1 rings (SSSR count). The van der Waals surface area contributed by atoms with Crippen molar-refractivity contribution >= 4 is 29.6 Å². The van der Waals surface area contributed by atoms with Crippen LogP contribution in [0.15, 0.2) is 24.3 Å². The largest absolute Gasteiger partial charge is 0.508 e. The van der Waals surface area contributed by atoms with E-state index >= 15 is 0 Å². The number of aliphatic hydroxyl groups is 2. The quantitative estimate of drug-likeness (QED) is 0.0788. The Labute approximate surface area is 244 Å². The van der Waals surface area contributed by atoms with E-state index < -0.39 is 78.4 Å². The summed E-state index contributed by atoms with van der Waals surface area (Å²) in [6.07, 6.45) is 0.0603. The fourth-order valence-corrected chi connectivity index (χ4v) is 3.88. The Morgan fingerprint density at radius 2 is 1.36 bits per heavy atom. The Bertz CT molecular complexity index is 1050. The zero-order valence-corrected chi connectivity index (χ0v) is 24.1. The molecule has 1 aromatic carbocycles. The van der Waals surface area contributed by atoms with Crippen LogP contribution in [0, 0.1) is 5.92 Å². The topological polar surface area (TPSA) is 266 Å². The molecule has 0 aliphatic heterocycles. The van der Waals surface area contributed by atoms with Gasteiger partial charge in [-0.15, -0.1) is 0 Å². The van der Waals surface area contributed by atoms with E-state index in [9.17, 15) is 39.3 Å². The summed E-state index contributed by atoms with van der Waals surface area (Å²) in [6, 6.07) is -0.823. The summed E-state index contributed by atoms with van der Waals surface area (Å²) >= 11 is 0. The number of phenols is 1. The molecule has 6 atom stereocenters. The number of carbonyl (C=O) groups excluding carboxylic acids is 4. The Kier molecular flexibility index (Phi) is 15.4. The summed E-state index contributed by atoms with van der Waals surface area (Å²) in [4.78, 5) is 63.3. The number of nitrogens with one attached hydrogen (secondary N) is 4. The number of hydrogen-bond acceptors (Lipinski definition) is 10. The van der Waals surface area contributed by atoms with E-state index in [-0.39, 0.29) is 12.2 Å². The Hall–Kier alpha value is -3.79. The van der Waals surface area contributed by atoms with Crippen molar-refractivity contribution in [1.82, 2.24) is 21.3 Å². The molecule has 0 spiro atoms. The number of carboxylic acid groups (broad SMARTS) is 1. The van der Waals surface area contributed by atoms with Crippen LogP contribution in [0.5, 0.6) is 5.75 Å². The molecule has 12 N–H and O–H groups in total. The van der Waals surface area contributed by atoms with Crippen LogP contribution < -0.4 is 32.7 Å². The van der Waals surface area contributed by atoms with E-state index in [1.165, 1.54) is 31.2 Å². The summed E-state index contributed by atoms with van der Waals surface area (Å²) in [5, 5.41) is 47.8. The lowest BCUT2D eigenvalue weighted by Crippen LogP contribution is -2.61. The molecule has 0 saturated carbocycles. The second-order valence-electron chi connectivity index (χ2n) is 10.4. The van der Waals surface area contributed by atoms with Gasteiger partial charge in [-0.3, -0.25) is 19.2 Å². The monoisotopic (exact) mass is 596 g/mol. The van der Waals surface area contributed by atoms with Crippen molar-refractivity contribution < 1.29 is 44.4 Å². The lowest BCUT2D eigenvalue weighted by atomic mass is 10.00. The molecule has 0 aromatic heterocycles. The number of hydrogen-bond donors (Lipinski definition) is 10. The molecule has 0 bridgehead atoms. The maximum Gasteiger partial charge on any atom is 0.328 e. The van der Waals surface area contributed by atoms with Crippen molar-refractivity contribution in [3.05, 3.63) is 29.8 Å². The lowest BCUT2D eigenvalue weighted by Gasteiger charge is -2.28. The number of benzene rings is 1. The molecular formula is C27H44N6O9. The predicted molar refractivity (Wildman–Crippen MR) is 152 cm³/mol. The highest BCUT2D eigenvalue weighted by Crippen LogP contribution is 2.13. The number of aliphatic carboxylic acids is 1. The fraction of sp³-hybridized carbons (Fsp3) is 0.593. The first-order chi connectivity index (χ1) is 19.7. The number of aromatic hydroxyl groups is 1. The molecular weight excluding hydrogens is 552 g/mol. The van der Waals surface area contributed by atoms with Gasteiger partial charge in [0.05, 0.1) is 18.8 Å². The summed E-state index contributed by atoms with van der Waals surface area (Å²) in [7, 11) is 0. The number of carbonyl (C=O) groups is 5. The van der Waals surface area contributed by atoms with Gasteiger partial charge in [0.15, 0.2) is 0 Å². The lowest BCUT2D eigenvalue weighted by molar-refractivity contribution is -0.143. The van der Waals surface area contributed by atoms with Gasteiger partial charge in [-0.1, -0.05) is 32.4 Å². The van der Waals surface area contributed by atoms with Crippen molar-refractivity contribution in [2.45, 2.75) is 82.8 Å². The zero-order chi connectivity index (χ0) is 32.0. The number of phenolic OH excluding ortho intramolecular Hbond substituents is 1. The Morgan fingerprint density at radius 1 is 0.810 bits per heavy atom. The molecule has 0 aliphatic carbocycles. The number of carboxylic acids is 1. The number of amides is 4. The average molecular weight is 597 g/mol. The third-order valence-corrected chi connectivity index (χ3v) is 6.42. The number of aliphatic hydroxyl groups excluding tert-OH is 2. The van der Waals surface area contributed by atoms with Crippen LogP contribution in [0.3, 0.4) is 0 Å². The maximum atomic E-state index is 13.4. The van der Waals surface area contributed by atoms with E-state index in [2.05, 4.69) is 21.3 Å². The SMILES string of the molecule is CC(C)[C@H](NC(=O)[C@H](Cc1ccc(O)cc1)NC(=O)[C@@H](NC(=O)[C@@H](N)CCCCN)[C@@H](C)O)C(=O)N[C@@H](CO)C(=O)O. The van der Waals surface area contributed by atoms with Crippen molar-refractivity contribution in [2.75, 3.05) is 13.2 Å². The van der Waals surface area contributed by atoms with Gasteiger partial charge in [0, 0.05) is 6.42 Å². The molecule has 0 saturated heterocycles. The molecule has 15 nitrogen and oxygen atoms in total. The molecule has 42 heavy (non-hydrogen) atoms. The second kappa shape index (κ2) is 17.9. The molecule has 0 fully saturated rings. The van der Waals surface area contributed by atoms with Crippen LogP contribution in [0.1, 0.15) is 45.6 Å². The third kappa shape index (κ3) is 12.0. The van der Waals surface area contributed by atoms with Crippen LogP contribution in [0.4, 0.5) is 0 Å². The van der Waals surface area contributed by atoms with Crippen molar-refractivity contribution in [3.8, 4) is 5.75 Å². The minimum atomic E-state index is -1.60. The summed E-state index contributed by atoms with van der Waals surface area (Å²) < 4.78 is 0. The third-order valence-electron chi connectivity index (χ3n) is 6.42. The molecule has 15 heteroatoms. The number of rotatable bonds is 18. The Balaban J connectivity index is 3.19. The average Bonchev–Trinajstić information content (AvgIpc) is 2.92. The first-order valence-corrected chi connectivity index (χ1v) is 13.7. The first kappa shape index (κ1) is 36.2. The highest BCUT2D eigenvalue weighted by Gasteiger charge is 2.34. The van der Waals surface area contributed by atoms with Crippen LogP contribution in [0.25, 0.3) is 0 Å². The van der Waals surface area contributed by atoms with Crippen LogP contribution in [-0.2, 0) is 30.4 Å². The number of nitrogens with two attached hydrogens (primary N) is 2.